The van der Waals surface area contributed by atoms with Crippen LogP contribution in [0.4, 0.5) is 0 Å². The maximum atomic E-state index is 12.7. The molecule has 8 heteroatoms. The number of benzene rings is 1. The Kier molecular flexibility index (Phi) is 4.56. The molecule has 23 heavy (non-hydrogen) atoms. The lowest BCUT2D eigenvalue weighted by molar-refractivity contribution is 0.402. The molecule has 1 aliphatic rings. The summed E-state index contributed by atoms with van der Waals surface area (Å²) in [6.45, 7) is 0. The lowest BCUT2D eigenvalue weighted by atomic mass is 10.2. The minimum absolute atomic E-state index is 0.0192. The SMILES string of the molecule is COc1ccc(-c2csc(=O)[nH]2)cc1S(=O)(=O)NC1CCCC1. The van der Waals surface area contributed by atoms with E-state index in [2.05, 4.69) is 9.71 Å². The van der Waals surface area contributed by atoms with Crippen molar-refractivity contribution in [2.45, 2.75) is 36.6 Å². The molecule has 6 nitrogen and oxygen atoms in total. The number of sulfonamides is 1. The number of aromatic amines is 1. The Morgan fingerprint density at radius 2 is 2.04 bits per heavy atom. The molecule has 0 atom stereocenters. The van der Waals surface area contributed by atoms with Crippen molar-refractivity contribution in [3.05, 3.63) is 33.2 Å². The summed E-state index contributed by atoms with van der Waals surface area (Å²) in [6, 6.07) is 4.85. The van der Waals surface area contributed by atoms with Gasteiger partial charge in [-0.05, 0) is 31.0 Å². The predicted octanol–water partition coefficient (Wildman–Crippen LogP) is 2.33. The Bertz CT molecular complexity index is 848. The molecule has 124 valence electrons. The van der Waals surface area contributed by atoms with Crippen molar-refractivity contribution in [2.24, 2.45) is 0 Å². The third-order valence-corrected chi connectivity index (χ3v) is 6.17. The van der Waals surface area contributed by atoms with E-state index in [1.54, 1.807) is 17.5 Å². The van der Waals surface area contributed by atoms with E-state index in [0.29, 0.717) is 11.3 Å². The van der Waals surface area contributed by atoms with Gasteiger partial charge in [0.1, 0.15) is 10.6 Å². The van der Waals surface area contributed by atoms with Crippen LogP contribution in [0.2, 0.25) is 0 Å². The van der Waals surface area contributed by atoms with Gasteiger partial charge in [0.15, 0.2) is 0 Å². The summed E-state index contributed by atoms with van der Waals surface area (Å²) in [5.41, 5.74) is 1.23. The first-order valence-electron chi connectivity index (χ1n) is 7.38. The van der Waals surface area contributed by atoms with Crippen LogP contribution >= 0.6 is 11.3 Å². The van der Waals surface area contributed by atoms with E-state index >= 15 is 0 Å². The number of methoxy groups -OCH3 is 1. The van der Waals surface area contributed by atoms with Crippen LogP contribution in [0.15, 0.2) is 33.3 Å². The van der Waals surface area contributed by atoms with Gasteiger partial charge in [0, 0.05) is 17.0 Å². The first kappa shape index (κ1) is 16.2. The van der Waals surface area contributed by atoms with E-state index in [1.165, 1.54) is 13.2 Å². The standard InChI is InChI=1S/C15H18N2O4S2/c1-21-13-7-6-10(12-9-22-15(18)16-12)8-14(13)23(19,20)17-11-4-2-3-5-11/h6-9,11,17H,2-5H2,1H3,(H,16,18). The van der Waals surface area contributed by atoms with E-state index < -0.39 is 10.0 Å². The molecule has 1 heterocycles. The second-order valence-corrected chi connectivity index (χ2v) is 8.05. The highest BCUT2D eigenvalue weighted by molar-refractivity contribution is 7.89. The van der Waals surface area contributed by atoms with Crippen LogP contribution in [-0.2, 0) is 10.0 Å². The summed E-state index contributed by atoms with van der Waals surface area (Å²) in [7, 11) is -2.23. The van der Waals surface area contributed by atoms with Crippen molar-refractivity contribution in [1.82, 2.24) is 9.71 Å². The van der Waals surface area contributed by atoms with Gasteiger partial charge in [0.25, 0.3) is 0 Å². The molecule has 2 aromatic rings. The second-order valence-electron chi connectivity index (χ2n) is 5.53. The number of thiazole rings is 1. The average molecular weight is 354 g/mol. The van der Waals surface area contributed by atoms with Crippen LogP contribution < -0.4 is 14.3 Å². The molecular formula is C15H18N2O4S2. The second kappa shape index (κ2) is 6.46. The number of aromatic nitrogens is 1. The van der Waals surface area contributed by atoms with Gasteiger partial charge in [-0.1, -0.05) is 24.2 Å². The van der Waals surface area contributed by atoms with Gasteiger partial charge < -0.3 is 9.72 Å². The summed E-state index contributed by atoms with van der Waals surface area (Å²) >= 11 is 1.04. The normalized spacial score (nSPS) is 15.9. The topological polar surface area (TPSA) is 88.3 Å². The Labute approximate surface area is 138 Å². The minimum Gasteiger partial charge on any atom is -0.495 e. The van der Waals surface area contributed by atoms with Crippen LogP contribution in [0.1, 0.15) is 25.7 Å². The molecule has 0 aliphatic heterocycles. The van der Waals surface area contributed by atoms with Crippen molar-refractivity contribution in [2.75, 3.05) is 7.11 Å². The van der Waals surface area contributed by atoms with Gasteiger partial charge in [0.05, 0.1) is 12.8 Å². The molecule has 0 bridgehead atoms. The van der Waals surface area contributed by atoms with Crippen LogP contribution in [0, 0.1) is 0 Å². The van der Waals surface area contributed by atoms with E-state index in [4.69, 9.17) is 4.74 Å². The molecular weight excluding hydrogens is 336 g/mol. The molecule has 0 radical (unpaired) electrons. The molecule has 0 unspecified atom stereocenters. The van der Waals surface area contributed by atoms with E-state index in [1.807, 2.05) is 0 Å². The van der Waals surface area contributed by atoms with Crippen LogP contribution in [0.3, 0.4) is 0 Å². The molecule has 0 saturated heterocycles. The molecule has 1 aromatic carbocycles. The Hall–Kier alpha value is -1.64. The molecule has 3 rings (SSSR count). The monoisotopic (exact) mass is 354 g/mol. The molecule has 0 spiro atoms. The zero-order chi connectivity index (χ0) is 16.4. The van der Waals surface area contributed by atoms with Gasteiger partial charge in [-0.15, -0.1) is 0 Å². The molecule has 1 saturated carbocycles. The van der Waals surface area contributed by atoms with E-state index in [0.717, 1.165) is 37.0 Å². The highest BCUT2D eigenvalue weighted by Gasteiger charge is 2.26. The van der Waals surface area contributed by atoms with Crippen molar-refractivity contribution in [1.29, 1.82) is 0 Å². The van der Waals surface area contributed by atoms with Crippen LogP contribution in [0.25, 0.3) is 11.3 Å². The lowest BCUT2D eigenvalue weighted by Gasteiger charge is -2.15. The minimum atomic E-state index is -3.67. The number of hydrogen-bond acceptors (Lipinski definition) is 5. The summed E-state index contributed by atoms with van der Waals surface area (Å²) < 4.78 is 33.3. The van der Waals surface area contributed by atoms with E-state index in [-0.39, 0.29) is 21.6 Å². The van der Waals surface area contributed by atoms with Crippen molar-refractivity contribution in [3.8, 4) is 17.0 Å². The van der Waals surface area contributed by atoms with Crippen molar-refractivity contribution < 1.29 is 13.2 Å². The first-order valence-corrected chi connectivity index (χ1v) is 9.74. The quantitative estimate of drug-likeness (QED) is 0.862. The number of ether oxygens (including phenoxy) is 1. The highest BCUT2D eigenvalue weighted by Crippen LogP contribution is 2.30. The summed E-state index contributed by atoms with van der Waals surface area (Å²) in [5, 5.41) is 1.67. The fraction of sp³-hybridized carbons (Fsp3) is 0.400. The summed E-state index contributed by atoms with van der Waals surface area (Å²) in [6.07, 6.45) is 3.80. The molecule has 1 aliphatic carbocycles. The Morgan fingerprint density at radius 1 is 1.30 bits per heavy atom. The first-order chi connectivity index (χ1) is 11.0. The third kappa shape index (κ3) is 3.49. The summed E-state index contributed by atoms with van der Waals surface area (Å²) in [5.74, 6) is 0.289. The zero-order valence-corrected chi connectivity index (χ0v) is 14.3. The maximum absolute atomic E-state index is 12.7. The molecule has 1 fully saturated rings. The highest BCUT2D eigenvalue weighted by atomic mass is 32.2. The number of hydrogen-bond donors (Lipinski definition) is 2. The van der Waals surface area contributed by atoms with E-state index in [9.17, 15) is 13.2 Å². The predicted molar refractivity (Wildman–Crippen MR) is 89.5 cm³/mol. The van der Waals surface area contributed by atoms with Gasteiger partial charge in [-0.25, -0.2) is 13.1 Å². The van der Waals surface area contributed by atoms with Crippen LogP contribution in [-0.4, -0.2) is 26.6 Å². The largest absolute Gasteiger partial charge is 0.495 e. The van der Waals surface area contributed by atoms with Gasteiger partial charge >= 0.3 is 4.87 Å². The number of rotatable bonds is 5. The van der Waals surface area contributed by atoms with Gasteiger partial charge in [0.2, 0.25) is 10.0 Å². The fourth-order valence-corrected chi connectivity index (χ4v) is 4.89. The molecule has 1 aromatic heterocycles. The molecule has 0 amide bonds. The fourth-order valence-electron chi connectivity index (χ4n) is 2.80. The Morgan fingerprint density at radius 3 is 2.65 bits per heavy atom. The average Bonchev–Trinajstić information content (AvgIpc) is 3.18. The van der Waals surface area contributed by atoms with Crippen LogP contribution in [0.5, 0.6) is 5.75 Å². The van der Waals surface area contributed by atoms with Crippen molar-refractivity contribution >= 4 is 21.4 Å². The van der Waals surface area contributed by atoms with Crippen molar-refractivity contribution in [3.63, 3.8) is 0 Å². The Balaban J connectivity index is 2.00. The van der Waals surface area contributed by atoms with Gasteiger partial charge in [-0.2, -0.15) is 0 Å². The smallest absolute Gasteiger partial charge is 0.304 e. The van der Waals surface area contributed by atoms with Gasteiger partial charge in [-0.3, -0.25) is 4.79 Å². The number of H-pyrrole nitrogens is 1. The molecule has 2 N–H and O–H groups in total. The lowest BCUT2D eigenvalue weighted by Crippen LogP contribution is -2.32. The zero-order valence-electron chi connectivity index (χ0n) is 12.7. The third-order valence-electron chi connectivity index (χ3n) is 3.96. The number of nitrogens with one attached hydrogen (secondary N) is 2. The summed E-state index contributed by atoms with van der Waals surface area (Å²) in [4.78, 5) is 13.9. The maximum Gasteiger partial charge on any atom is 0.304 e.